The molecule has 4 nitrogen and oxygen atoms in total. The smallest absolute Gasteiger partial charge is 0.311 e. The van der Waals surface area contributed by atoms with Crippen LogP contribution in [-0.4, -0.2) is 24.8 Å². The van der Waals surface area contributed by atoms with E-state index in [0.29, 0.717) is 17.8 Å². The van der Waals surface area contributed by atoms with Crippen LogP contribution < -0.4 is 0 Å². The molecule has 0 amide bonds. The van der Waals surface area contributed by atoms with Gasteiger partial charge >= 0.3 is 5.97 Å². The summed E-state index contributed by atoms with van der Waals surface area (Å²) in [5.74, 6) is 1.36. The Bertz CT molecular complexity index is 658. The lowest BCUT2D eigenvalue weighted by molar-refractivity contribution is -0.411. The van der Waals surface area contributed by atoms with Crippen LogP contribution in [0, 0.1) is 29.1 Å². The van der Waals surface area contributed by atoms with Crippen LogP contribution in [0.15, 0.2) is 23.8 Å². The topological polar surface area (TPSA) is 44.8 Å². The van der Waals surface area contributed by atoms with E-state index in [0.717, 1.165) is 25.7 Å². The molecule has 2 fully saturated rings. The predicted molar refractivity (Wildman–Crippen MR) is 115 cm³/mol. The number of hydrogen-bond donors (Lipinski definition) is 0. The largest absolute Gasteiger partial charge is 0.469 e. The van der Waals surface area contributed by atoms with Crippen LogP contribution in [0.2, 0.25) is 0 Å². The van der Waals surface area contributed by atoms with Crippen LogP contribution >= 0.6 is 0 Å². The van der Waals surface area contributed by atoms with Crippen molar-refractivity contribution in [3.05, 3.63) is 23.8 Å². The quantitative estimate of drug-likeness (QED) is 0.319. The summed E-state index contributed by atoms with van der Waals surface area (Å²) in [5.41, 5.74) is 2.83. The van der Waals surface area contributed by atoms with Gasteiger partial charge in [-0.3, -0.25) is 4.79 Å². The molecule has 3 rings (SSSR count). The van der Waals surface area contributed by atoms with Gasteiger partial charge in [0.05, 0.1) is 13.0 Å². The fraction of sp³-hybridized carbons (Fsp3) is 0.800. The number of esters is 1. The summed E-state index contributed by atoms with van der Waals surface area (Å²) >= 11 is 0. The number of carbonyl (C=O) groups is 1. The number of allylic oxidation sites excluding steroid dienone is 3. The van der Waals surface area contributed by atoms with E-state index < -0.39 is 0 Å². The molecule has 1 saturated carbocycles. The Morgan fingerprint density at radius 2 is 2.07 bits per heavy atom. The molecule has 1 saturated heterocycles. The molecule has 0 aromatic heterocycles. The standard InChI is InChI=1S/C25H40O4/c1-16-8-9-21-19(4)25(6,17(2)15-20(21)14-16)13-12-24(5)11-10-22(28-29-24)18(3)23(26)27-7/h14,17-18,20-22H,4,8-13,15H2,1-3,5-7H3/t17?,18-,20?,21?,22+,24-,25?/m1/s1. The molecular formula is C25H40O4. The fourth-order valence-corrected chi connectivity index (χ4v) is 5.72. The second-order valence-electron chi connectivity index (χ2n) is 10.4. The SMILES string of the molecule is C=C1C2CCC(C)=CC2CC(C)C1(C)CC[C@@]1(C)CC[C@@H]([C@@H](C)C(=O)OC)OO1. The molecule has 2 aliphatic carbocycles. The van der Waals surface area contributed by atoms with E-state index in [1.807, 2.05) is 6.92 Å². The third-order valence-electron chi connectivity index (χ3n) is 8.39. The minimum atomic E-state index is -0.310. The Morgan fingerprint density at radius 3 is 2.69 bits per heavy atom. The van der Waals surface area contributed by atoms with Crippen molar-refractivity contribution in [1.29, 1.82) is 0 Å². The summed E-state index contributed by atoms with van der Waals surface area (Å²) in [6, 6.07) is 0. The van der Waals surface area contributed by atoms with Crippen LogP contribution in [0.1, 0.15) is 79.6 Å². The summed E-state index contributed by atoms with van der Waals surface area (Å²) in [4.78, 5) is 23.3. The van der Waals surface area contributed by atoms with Gasteiger partial charge < -0.3 is 4.74 Å². The van der Waals surface area contributed by atoms with Crippen molar-refractivity contribution in [2.24, 2.45) is 29.1 Å². The lowest BCUT2D eigenvalue weighted by Gasteiger charge is -2.51. The van der Waals surface area contributed by atoms with Crippen molar-refractivity contribution in [3.8, 4) is 0 Å². The Labute approximate surface area is 177 Å². The van der Waals surface area contributed by atoms with E-state index in [9.17, 15) is 4.79 Å². The molecule has 0 aromatic carbocycles. The number of ether oxygens (including phenoxy) is 1. The molecule has 29 heavy (non-hydrogen) atoms. The minimum Gasteiger partial charge on any atom is -0.469 e. The summed E-state index contributed by atoms with van der Waals surface area (Å²) in [6.45, 7) is 15.7. The summed E-state index contributed by atoms with van der Waals surface area (Å²) in [5, 5.41) is 0. The van der Waals surface area contributed by atoms with Crippen molar-refractivity contribution in [2.45, 2.75) is 91.3 Å². The fourth-order valence-electron chi connectivity index (χ4n) is 5.72. The highest BCUT2D eigenvalue weighted by Gasteiger charge is 2.47. The number of carbonyl (C=O) groups excluding carboxylic acids is 1. The first-order valence-corrected chi connectivity index (χ1v) is 11.4. The van der Waals surface area contributed by atoms with E-state index >= 15 is 0 Å². The summed E-state index contributed by atoms with van der Waals surface area (Å²) < 4.78 is 4.84. The van der Waals surface area contributed by atoms with E-state index in [-0.39, 0.29) is 29.0 Å². The Morgan fingerprint density at radius 1 is 1.34 bits per heavy atom. The zero-order chi connectivity index (χ0) is 21.4. The maximum atomic E-state index is 11.8. The second-order valence-corrected chi connectivity index (χ2v) is 10.4. The average Bonchev–Trinajstić information content (AvgIpc) is 2.70. The first-order valence-electron chi connectivity index (χ1n) is 11.4. The van der Waals surface area contributed by atoms with Gasteiger partial charge in [0.1, 0.15) is 11.7 Å². The highest BCUT2D eigenvalue weighted by molar-refractivity contribution is 5.72. The second kappa shape index (κ2) is 8.55. The highest BCUT2D eigenvalue weighted by Crippen LogP contribution is 2.56. The molecule has 0 aromatic rings. The zero-order valence-corrected chi connectivity index (χ0v) is 19.3. The molecular weight excluding hydrogens is 364 g/mol. The number of methoxy groups -OCH3 is 1. The summed E-state index contributed by atoms with van der Waals surface area (Å²) in [6.07, 6.45) is 9.71. The van der Waals surface area contributed by atoms with Crippen LogP contribution in [0.25, 0.3) is 0 Å². The molecule has 164 valence electrons. The zero-order valence-electron chi connectivity index (χ0n) is 19.3. The van der Waals surface area contributed by atoms with Gasteiger partial charge in [-0.2, -0.15) is 0 Å². The van der Waals surface area contributed by atoms with E-state index in [1.54, 1.807) is 5.57 Å². The van der Waals surface area contributed by atoms with Gasteiger partial charge in [-0.05, 0) is 88.9 Å². The van der Waals surface area contributed by atoms with Gasteiger partial charge in [0.2, 0.25) is 0 Å². The molecule has 3 aliphatic rings. The molecule has 0 spiro atoms. The molecule has 0 bridgehead atoms. The maximum absolute atomic E-state index is 11.8. The Kier molecular flexibility index (Phi) is 6.65. The summed E-state index contributed by atoms with van der Waals surface area (Å²) in [7, 11) is 1.42. The van der Waals surface area contributed by atoms with Crippen molar-refractivity contribution < 1.29 is 19.3 Å². The van der Waals surface area contributed by atoms with Gasteiger partial charge in [-0.15, -0.1) is 0 Å². The monoisotopic (exact) mass is 404 g/mol. The molecule has 4 heteroatoms. The highest BCUT2D eigenvalue weighted by atomic mass is 17.2. The number of fused-ring (bicyclic) bond motifs is 1. The van der Waals surface area contributed by atoms with Crippen LogP contribution in [0.3, 0.4) is 0 Å². The lowest BCUT2D eigenvalue weighted by Crippen LogP contribution is -2.45. The van der Waals surface area contributed by atoms with Gasteiger partial charge in [0, 0.05) is 0 Å². The molecule has 4 unspecified atom stereocenters. The molecule has 7 atom stereocenters. The van der Waals surface area contributed by atoms with Gasteiger partial charge in [0.25, 0.3) is 0 Å². The van der Waals surface area contributed by atoms with Gasteiger partial charge in [0.15, 0.2) is 0 Å². The Balaban J connectivity index is 1.60. The van der Waals surface area contributed by atoms with E-state index in [1.165, 1.54) is 31.9 Å². The van der Waals surface area contributed by atoms with Crippen LogP contribution in [-0.2, 0) is 19.3 Å². The maximum Gasteiger partial charge on any atom is 0.311 e. The molecule has 1 heterocycles. The first-order chi connectivity index (χ1) is 13.6. The van der Waals surface area contributed by atoms with Gasteiger partial charge in [-0.1, -0.05) is 37.6 Å². The number of hydrogen-bond acceptors (Lipinski definition) is 4. The first kappa shape index (κ1) is 22.6. The van der Waals surface area contributed by atoms with Crippen molar-refractivity contribution in [2.75, 3.05) is 7.11 Å². The third-order valence-corrected chi connectivity index (χ3v) is 8.39. The molecule has 0 radical (unpaired) electrons. The van der Waals surface area contributed by atoms with E-state index in [2.05, 4.69) is 40.3 Å². The Hall–Kier alpha value is -1.13. The van der Waals surface area contributed by atoms with Crippen molar-refractivity contribution in [3.63, 3.8) is 0 Å². The molecule has 1 aliphatic heterocycles. The predicted octanol–water partition coefficient (Wildman–Crippen LogP) is 6.02. The number of rotatable bonds is 5. The third kappa shape index (κ3) is 4.49. The van der Waals surface area contributed by atoms with E-state index in [4.69, 9.17) is 14.5 Å². The van der Waals surface area contributed by atoms with Crippen LogP contribution in [0.4, 0.5) is 0 Å². The van der Waals surface area contributed by atoms with Gasteiger partial charge in [-0.25, -0.2) is 9.78 Å². The average molecular weight is 405 g/mol. The van der Waals surface area contributed by atoms with Crippen molar-refractivity contribution >= 4 is 5.97 Å². The minimum absolute atomic E-state index is 0.142. The lowest BCUT2D eigenvalue weighted by atomic mass is 9.54. The molecule has 0 N–H and O–H groups in total. The normalized spacial score (nSPS) is 41.3. The van der Waals surface area contributed by atoms with Crippen molar-refractivity contribution in [1.82, 2.24) is 0 Å². The van der Waals surface area contributed by atoms with Crippen LogP contribution in [0.5, 0.6) is 0 Å².